The number of imide groups is 1. The second-order valence-electron chi connectivity index (χ2n) is 6.20. The number of benzene rings is 2. The summed E-state index contributed by atoms with van der Waals surface area (Å²) < 4.78 is 23.5. The van der Waals surface area contributed by atoms with E-state index in [0.717, 1.165) is 17.9 Å². The van der Waals surface area contributed by atoms with Crippen molar-refractivity contribution in [3.8, 4) is 11.5 Å². The first kappa shape index (κ1) is 19.0. The molecule has 1 aliphatic heterocycles. The molecule has 0 aliphatic carbocycles. The molecule has 1 unspecified atom stereocenters. The average molecular weight is 372 g/mol. The zero-order valence-electron chi connectivity index (χ0n) is 15.0. The number of methoxy groups -OCH3 is 1. The fourth-order valence-corrected chi connectivity index (χ4v) is 2.94. The molecule has 27 heavy (non-hydrogen) atoms. The first-order valence-electron chi connectivity index (χ1n) is 8.71. The van der Waals surface area contributed by atoms with E-state index >= 15 is 0 Å². The van der Waals surface area contributed by atoms with E-state index in [1.165, 1.54) is 31.4 Å². The lowest BCUT2D eigenvalue weighted by Crippen LogP contribution is -2.48. The van der Waals surface area contributed by atoms with Gasteiger partial charge in [0.15, 0.2) is 0 Å². The number of amides is 2. The van der Waals surface area contributed by atoms with Crippen LogP contribution in [-0.4, -0.2) is 38.1 Å². The summed E-state index contributed by atoms with van der Waals surface area (Å²) in [6, 6.07) is 11.9. The highest BCUT2D eigenvalue weighted by Gasteiger charge is 2.31. The van der Waals surface area contributed by atoms with Crippen LogP contribution in [0.3, 0.4) is 0 Å². The Hall–Kier alpha value is -2.77. The van der Waals surface area contributed by atoms with Crippen molar-refractivity contribution < 1.29 is 23.5 Å². The van der Waals surface area contributed by atoms with Gasteiger partial charge in [0.05, 0.1) is 11.7 Å². The lowest BCUT2D eigenvalue weighted by atomic mass is 10.1. The van der Waals surface area contributed by atoms with Gasteiger partial charge >= 0.3 is 0 Å². The van der Waals surface area contributed by atoms with E-state index in [9.17, 15) is 14.0 Å². The second kappa shape index (κ2) is 8.75. The van der Waals surface area contributed by atoms with Gasteiger partial charge in [-0.1, -0.05) is 0 Å². The van der Waals surface area contributed by atoms with Gasteiger partial charge in [-0.05, 0) is 67.9 Å². The van der Waals surface area contributed by atoms with Gasteiger partial charge < -0.3 is 14.8 Å². The van der Waals surface area contributed by atoms with Crippen molar-refractivity contribution in [3.63, 3.8) is 0 Å². The third kappa shape index (κ3) is 4.69. The maximum absolute atomic E-state index is 13.0. The summed E-state index contributed by atoms with van der Waals surface area (Å²) in [5.74, 6) is -0.0622. The van der Waals surface area contributed by atoms with Crippen LogP contribution in [0.25, 0.3) is 0 Å². The van der Waals surface area contributed by atoms with Crippen molar-refractivity contribution >= 4 is 17.5 Å². The highest BCUT2D eigenvalue weighted by molar-refractivity contribution is 6.17. The van der Waals surface area contributed by atoms with Crippen molar-refractivity contribution in [1.29, 1.82) is 0 Å². The van der Waals surface area contributed by atoms with E-state index in [4.69, 9.17) is 9.47 Å². The molecule has 2 amide bonds. The zero-order chi connectivity index (χ0) is 19.2. The van der Waals surface area contributed by atoms with Gasteiger partial charge in [0, 0.05) is 7.11 Å². The van der Waals surface area contributed by atoms with Crippen molar-refractivity contribution in [3.05, 3.63) is 54.3 Å². The van der Waals surface area contributed by atoms with Crippen LogP contribution in [0.5, 0.6) is 11.5 Å². The van der Waals surface area contributed by atoms with Gasteiger partial charge in [0.25, 0.3) is 11.8 Å². The van der Waals surface area contributed by atoms with Gasteiger partial charge in [-0.3, -0.25) is 9.59 Å². The first-order chi connectivity index (χ1) is 13.1. The Kier molecular flexibility index (Phi) is 6.16. The maximum Gasteiger partial charge on any atom is 0.259 e. The molecule has 1 fully saturated rings. The van der Waals surface area contributed by atoms with Gasteiger partial charge in [-0.25, -0.2) is 9.29 Å². The lowest BCUT2D eigenvalue weighted by Gasteiger charge is -2.24. The molecule has 1 heterocycles. The molecule has 6 nitrogen and oxygen atoms in total. The van der Waals surface area contributed by atoms with Crippen LogP contribution >= 0.6 is 0 Å². The summed E-state index contributed by atoms with van der Waals surface area (Å²) in [6.07, 6.45) is 1.59. The SMILES string of the molecule is COCC(=O)N(C(=O)C1CCCN1)c1ccc(Oc2ccc(F)cc2)cc1. The minimum Gasteiger partial charge on any atom is -0.457 e. The molecule has 1 aliphatic rings. The zero-order valence-corrected chi connectivity index (χ0v) is 15.0. The van der Waals surface area contributed by atoms with Crippen molar-refractivity contribution in [1.82, 2.24) is 5.32 Å². The smallest absolute Gasteiger partial charge is 0.259 e. The molecule has 2 aromatic rings. The summed E-state index contributed by atoms with van der Waals surface area (Å²) in [5, 5.41) is 3.11. The number of carbonyl (C=O) groups is 2. The maximum atomic E-state index is 13.0. The molecule has 0 bridgehead atoms. The number of nitrogens with one attached hydrogen (secondary N) is 1. The topological polar surface area (TPSA) is 67.9 Å². The highest BCUT2D eigenvalue weighted by Crippen LogP contribution is 2.26. The quantitative estimate of drug-likeness (QED) is 0.845. The predicted octanol–water partition coefficient (Wildman–Crippen LogP) is 2.88. The molecular weight excluding hydrogens is 351 g/mol. The van der Waals surface area contributed by atoms with Gasteiger partial charge in [0.2, 0.25) is 0 Å². The Labute approximate surface area is 156 Å². The van der Waals surface area contributed by atoms with E-state index in [-0.39, 0.29) is 24.4 Å². The number of hydrogen-bond donors (Lipinski definition) is 1. The van der Waals surface area contributed by atoms with E-state index in [2.05, 4.69) is 5.32 Å². The van der Waals surface area contributed by atoms with Crippen molar-refractivity contribution in [2.45, 2.75) is 18.9 Å². The van der Waals surface area contributed by atoms with Crippen LogP contribution in [0.4, 0.5) is 10.1 Å². The predicted molar refractivity (Wildman–Crippen MR) is 98.3 cm³/mol. The van der Waals surface area contributed by atoms with Crippen LogP contribution in [0.1, 0.15) is 12.8 Å². The lowest BCUT2D eigenvalue weighted by molar-refractivity contribution is -0.129. The Balaban J connectivity index is 1.78. The molecule has 0 aromatic heterocycles. The molecule has 7 heteroatoms. The van der Waals surface area contributed by atoms with Crippen molar-refractivity contribution in [2.75, 3.05) is 25.2 Å². The number of hydrogen-bond acceptors (Lipinski definition) is 5. The summed E-state index contributed by atoms with van der Waals surface area (Å²) in [6.45, 7) is 0.569. The van der Waals surface area contributed by atoms with E-state index in [0.29, 0.717) is 23.6 Å². The van der Waals surface area contributed by atoms with Crippen LogP contribution in [0.15, 0.2) is 48.5 Å². The largest absolute Gasteiger partial charge is 0.457 e. The summed E-state index contributed by atoms with van der Waals surface area (Å²) >= 11 is 0. The number of ether oxygens (including phenoxy) is 2. The Morgan fingerprint density at radius 2 is 1.74 bits per heavy atom. The molecule has 142 valence electrons. The summed E-state index contributed by atoms with van der Waals surface area (Å²) in [7, 11) is 1.41. The molecule has 0 radical (unpaired) electrons. The van der Waals surface area contributed by atoms with Gasteiger partial charge in [-0.15, -0.1) is 0 Å². The third-order valence-corrected chi connectivity index (χ3v) is 4.24. The van der Waals surface area contributed by atoms with Crippen molar-refractivity contribution in [2.24, 2.45) is 0 Å². The minimum absolute atomic E-state index is 0.188. The Bertz CT molecular complexity index is 787. The summed E-state index contributed by atoms with van der Waals surface area (Å²) in [5.41, 5.74) is 0.446. The van der Waals surface area contributed by atoms with Crippen LogP contribution < -0.4 is 15.0 Å². The molecule has 0 saturated carbocycles. The number of rotatable bonds is 6. The number of halogens is 1. The van der Waals surface area contributed by atoms with Crippen LogP contribution in [0, 0.1) is 5.82 Å². The van der Waals surface area contributed by atoms with Gasteiger partial charge in [-0.2, -0.15) is 0 Å². The Morgan fingerprint density at radius 1 is 1.11 bits per heavy atom. The molecular formula is C20H21FN2O4. The summed E-state index contributed by atoms with van der Waals surface area (Å²) in [4.78, 5) is 26.4. The first-order valence-corrected chi connectivity index (χ1v) is 8.71. The van der Waals surface area contributed by atoms with E-state index < -0.39 is 5.91 Å². The number of carbonyl (C=O) groups excluding carboxylic acids is 2. The normalized spacial score (nSPS) is 16.1. The molecule has 0 spiro atoms. The molecule has 1 saturated heterocycles. The van der Waals surface area contributed by atoms with Crippen LogP contribution in [-0.2, 0) is 14.3 Å². The number of nitrogens with zero attached hydrogens (tertiary/aromatic N) is 1. The number of anilines is 1. The minimum atomic E-state index is -0.427. The fraction of sp³-hybridized carbons (Fsp3) is 0.300. The third-order valence-electron chi connectivity index (χ3n) is 4.24. The van der Waals surface area contributed by atoms with Crippen LogP contribution in [0.2, 0.25) is 0 Å². The van der Waals surface area contributed by atoms with E-state index in [1.54, 1.807) is 24.3 Å². The molecule has 2 aromatic carbocycles. The second-order valence-corrected chi connectivity index (χ2v) is 6.20. The molecule has 1 atom stereocenters. The standard InChI is InChI=1S/C20H21FN2O4/c1-26-13-19(24)23(20(25)18-3-2-12-22-18)15-6-10-17(11-7-15)27-16-8-4-14(21)5-9-16/h4-11,18,22H,2-3,12-13H2,1H3. The van der Waals surface area contributed by atoms with E-state index in [1.807, 2.05) is 0 Å². The van der Waals surface area contributed by atoms with Gasteiger partial charge in [0.1, 0.15) is 23.9 Å². The fourth-order valence-electron chi connectivity index (χ4n) is 2.94. The monoisotopic (exact) mass is 372 g/mol. The average Bonchev–Trinajstić information content (AvgIpc) is 3.20. The molecule has 1 N–H and O–H groups in total. The Morgan fingerprint density at radius 3 is 2.30 bits per heavy atom. The molecule has 3 rings (SSSR count). The highest BCUT2D eigenvalue weighted by atomic mass is 19.1.